The number of aromatic nitrogens is 2. The van der Waals surface area contributed by atoms with Gasteiger partial charge in [-0.25, -0.2) is 9.97 Å². The summed E-state index contributed by atoms with van der Waals surface area (Å²) in [7, 11) is 0. The van der Waals surface area contributed by atoms with Gasteiger partial charge in [0.1, 0.15) is 11.9 Å². The molecule has 1 amide bonds. The van der Waals surface area contributed by atoms with Crippen molar-refractivity contribution < 1.29 is 4.79 Å². The number of piperazine rings is 1. The molecule has 3 atom stereocenters. The predicted octanol–water partition coefficient (Wildman–Crippen LogP) is 2.94. The van der Waals surface area contributed by atoms with Crippen LogP contribution in [-0.2, 0) is 4.79 Å². The number of nitrogens with zero attached hydrogens (tertiary/aromatic N) is 4. The van der Waals surface area contributed by atoms with Crippen LogP contribution in [0, 0.1) is 13.8 Å². The van der Waals surface area contributed by atoms with Crippen molar-refractivity contribution in [3.8, 4) is 11.4 Å². The molecule has 6 heteroatoms. The van der Waals surface area contributed by atoms with E-state index < -0.39 is 0 Å². The Morgan fingerprint density at radius 3 is 2.45 bits per heavy atom. The second kappa shape index (κ2) is 8.11. The van der Waals surface area contributed by atoms with Gasteiger partial charge in [-0.05, 0) is 40.5 Å². The third-order valence-electron chi connectivity index (χ3n) is 6.07. The molecular weight excluding hydrogens is 362 g/mol. The van der Waals surface area contributed by atoms with E-state index in [9.17, 15) is 4.79 Å². The Hall–Kier alpha value is -2.47. The molecule has 2 aliphatic heterocycles. The van der Waals surface area contributed by atoms with Crippen LogP contribution in [0.15, 0.2) is 30.3 Å². The lowest BCUT2D eigenvalue weighted by Crippen LogP contribution is -2.59. The van der Waals surface area contributed by atoms with E-state index in [1.807, 2.05) is 42.2 Å². The topological polar surface area (TPSA) is 61.4 Å². The Bertz CT molecular complexity index is 874. The van der Waals surface area contributed by atoms with Gasteiger partial charge < -0.3 is 15.1 Å². The van der Waals surface area contributed by atoms with Crippen LogP contribution in [0.2, 0.25) is 0 Å². The summed E-state index contributed by atoms with van der Waals surface area (Å²) in [6, 6.07) is 10.6. The number of aryl methyl sites for hydroxylation is 1. The SMILES string of the molecule is Cc1nc(-c2ccccc2)nc(N2CCCC2C(=O)N2C[C@@H](C)N[C@@H](C)C2)c1C. The standard InChI is InChI=1S/C23H31N5O/c1-15-13-27(14-16(2)24-15)23(29)20-11-8-12-28(20)22-17(3)18(4)25-21(26-22)19-9-6-5-7-10-19/h5-7,9-10,15-16,20,24H,8,11-14H2,1-4H3/t15-,16+,20?. The molecule has 1 aromatic carbocycles. The number of carbonyl (C=O) groups excluding carboxylic acids is 1. The lowest BCUT2D eigenvalue weighted by Gasteiger charge is -2.39. The fourth-order valence-corrected chi connectivity index (χ4v) is 4.60. The van der Waals surface area contributed by atoms with Gasteiger partial charge in [-0.1, -0.05) is 30.3 Å². The van der Waals surface area contributed by atoms with E-state index in [4.69, 9.17) is 9.97 Å². The molecule has 2 aliphatic rings. The Labute approximate surface area is 173 Å². The summed E-state index contributed by atoms with van der Waals surface area (Å²) in [5, 5.41) is 3.51. The average molecular weight is 394 g/mol. The summed E-state index contributed by atoms with van der Waals surface area (Å²) in [4.78, 5) is 27.3. The van der Waals surface area contributed by atoms with Gasteiger partial charge in [0.2, 0.25) is 5.91 Å². The Morgan fingerprint density at radius 2 is 1.76 bits per heavy atom. The Kier molecular flexibility index (Phi) is 5.54. The third kappa shape index (κ3) is 3.99. The molecule has 0 aliphatic carbocycles. The van der Waals surface area contributed by atoms with Crippen LogP contribution in [0.25, 0.3) is 11.4 Å². The van der Waals surface area contributed by atoms with Gasteiger partial charge in [-0.15, -0.1) is 0 Å². The van der Waals surface area contributed by atoms with Crippen molar-refractivity contribution >= 4 is 11.7 Å². The minimum Gasteiger partial charge on any atom is -0.344 e. The van der Waals surface area contributed by atoms with E-state index in [2.05, 4.69) is 31.0 Å². The molecule has 2 saturated heterocycles. The first-order valence-corrected chi connectivity index (χ1v) is 10.7. The second-order valence-corrected chi connectivity index (χ2v) is 8.51. The zero-order valence-electron chi connectivity index (χ0n) is 17.9. The Morgan fingerprint density at radius 1 is 1.07 bits per heavy atom. The van der Waals surface area contributed by atoms with Crippen LogP contribution >= 0.6 is 0 Å². The summed E-state index contributed by atoms with van der Waals surface area (Å²) in [5.41, 5.74) is 3.03. The minimum atomic E-state index is -0.135. The van der Waals surface area contributed by atoms with Gasteiger partial charge in [0.25, 0.3) is 0 Å². The molecule has 29 heavy (non-hydrogen) atoms. The van der Waals surface area contributed by atoms with Crippen molar-refractivity contribution in [1.82, 2.24) is 20.2 Å². The number of carbonyl (C=O) groups is 1. The molecule has 1 N–H and O–H groups in total. The number of amides is 1. The molecule has 0 radical (unpaired) electrons. The first-order valence-electron chi connectivity index (χ1n) is 10.7. The summed E-state index contributed by atoms with van der Waals surface area (Å²) in [6.45, 7) is 10.8. The first kappa shape index (κ1) is 19.8. The summed E-state index contributed by atoms with van der Waals surface area (Å²) in [5.74, 6) is 1.87. The zero-order chi connectivity index (χ0) is 20.5. The van der Waals surface area contributed by atoms with Crippen LogP contribution in [0.3, 0.4) is 0 Å². The maximum Gasteiger partial charge on any atom is 0.245 e. The van der Waals surface area contributed by atoms with Gasteiger partial charge in [0.05, 0.1) is 0 Å². The highest BCUT2D eigenvalue weighted by Crippen LogP contribution is 2.31. The molecule has 154 valence electrons. The number of hydrogen-bond acceptors (Lipinski definition) is 5. The molecule has 3 heterocycles. The summed E-state index contributed by atoms with van der Waals surface area (Å²) in [6.07, 6.45) is 1.89. The smallest absolute Gasteiger partial charge is 0.245 e. The van der Waals surface area contributed by atoms with E-state index in [1.54, 1.807) is 0 Å². The maximum absolute atomic E-state index is 13.4. The van der Waals surface area contributed by atoms with Crippen molar-refractivity contribution in [1.29, 1.82) is 0 Å². The van der Waals surface area contributed by atoms with E-state index in [1.165, 1.54) is 0 Å². The van der Waals surface area contributed by atoms with Crippen molar-refractivity contribution in [2.75, 3.05) is 24.5 Å². The molecule has 0 spiro atoms. The first-order chi connectivity index (χ1) is 13.9. The normalized spacial score (nSPS) is 24.8. The van der Waals surface area contributed by atoms with Crippen molar-refractivity contribution in [3.63, 3.8) is 0 Å². The highest BCUT2D eigenvalue weighted by atomic mass is 16.2. The van der Waals surface area contributed by atoms with Gasteiger partial charge in [-0.2, -0.15) is 0 Å². The monoisotopic (exact) mass is 393 g/mol. The molecule has 2 aromatic rings. The van der Waals surface area contributed by atoms with Crippen molar-refractivity contribution in [2.24, 2.45) is 0 Å². The number of nitrogens with one attached hydrogen (secondary N) is 1. The molecule has 4 rings (SSSR count). The van der Waals surface area contributed by atoms with Crippen LogP contribution in [0.1, 0.15) is 37.9 Å². The fourth-order valence-electron chi connectivity index (χ4n) is 4.60. The fraction of sp³-hybridized carbons (Fsp3) is 0.522. The largest absolute Gasteiger partial charge is 0.344 e. The quantitative estimate of drug-likeness (QED) is 0.869. The second-order valence-electron chi connectivity index (χ2n) is 8.51. The molecule has 0 bridgehead atoms. The number of anilines is 1. The van der Waals surface area contributed by atoms with Crippen LogP contribution < -0.4 is 10.2 Å². The molecule has 1 aromatic heterocycles. The minimum absolute atomic E-state index is 0.135. The molecule has 2 fully saturated rings. The van der Waals surface area contributed by atoms with E-state index >= 15 is 0 Å². The Balaban J connectivity index is 1.65. The average Bonchev–Trinajstić information content (AvgIpc) is 3.19. The predicted molar refractivity (Wildman–Crippen MR) is 116 cm³/mol. The van der Waals surface area contributed by atoms with E-state index in [-0.39, 0.29) is 11.9 Å². The lowest BCUT2D eigenvalue weighted by atomic mass is 10.1. The van der Waals surface area contributed by atoms with Gasteiger partial charge >= 0.3 is 0 Å². The third-order valence-corrected chi connectivity index (χ3v) is 6.07. The van der Waals surface area contributed by atoms with E-state index in [0.717, 1.165) is 60.9 Å². The number of benzene rings is 1. The van der Waals surface area contributed by atoms with Crippen LogP contribution in [0.4, 0.5) is 5.82 Å². The molecule has 6 nitrogen and oxygen atoms in total. The van der Waals surface area contributed by atoms with Crippen LogP contribution in [0.5, 0.6) is 0 Å². The van der Waals surface area contributed by atoms with E-state index in [0.29, 0.717) is 12.1 Å². The lowest BCUT2D eigenvalue weighted by molar-refractivity contribution is -0.134. The highest BCUT2D eigenvalue weighted by molar-refractivity contribution is 5.86. The summed E-state index contributed by atoms with van der Waals surface area (Å²) >= 11 is 0. The zero-order valence-corrected chi connectivity index (χ0v) is 17.9. The van der Waals surface area contributed by atoms with Gasteiger partial charge in [-0.3, -0.25) is 4.79 Å². The van der Waals surface area contributed by atoms with Crippen molar-refractivity contribution in [2.45, 2.75) is 58.7 Å². The van der Waals surface area contributed by atoms with Gasteiger partial charge in [0.15, 0.2) is 5.82 Å². The van der Waals surface area contributed by atoms with Crippen molar-refractivity contribution in [3.05, 3.63) is 41.6 Å². The molecule has 0 saturated carbocycles. The van der Waals surface area contributed by atoms with Gasteiger partial charge in [0, 0.05) is 48.5 Å². The molecular formula is C23H31N5O. The number of rotatable bonds is 3. The maximum atomic E-state index is 13.4. The molecule has 1 unspecified atom stereocenters. The van der Waals surface area contributed by atoms with Crippen LogP contribution in [-0.4, -0.2) is 58.5 Å². The number of hydrogen-bond donors (Lipinski definition) is 1. The summed E-state index contributed by atoms with van der Waals surface area (Å²) < 4.78 is 0. The highest BCUT2D eigenvalue weighted by Gasteiger charge is 2.37.